The molecule has 1 amide bonds. The van der Waals surface area contributed by atoms with E-state index >= 15 is 0 Å². The van der Waals surface area contributed by atoms with Crippen LogP contribution >= 0.6 is 0 Å². The summed E-state index contributed by atoms with van der Waals surface area (Å²) in [7, 11) is -4.52. The van der Waals surface area contributed by atoms with Crippen molar-refractivity contribution in [3.8, 4) is 0 Å². The van der Waals surface area contributed by atoms with Gasteiger partial charge in [-0.05, 0) is 27.7 Å². The standard InChI is InChI=1S/C4H7NO5S.C4H11N/c1-3(6)2-4(7)5-11(8,9)10;1-4(2,3)5/h2H2,1H3,(H,5,7)(H,8,9,10);5H2,1-3H3. The first-order valence-corrected chi connectivity index (χ1v) is 5.81. The molecule has 0 aromatic rings. The van der Waals surface area contributed by atoms with E-state index in [0.717, 1.165) is 6.92 Å². The monoisotopic (exact) mass is 254 g/mol. The Balaban J connectivity index is 0. The highest BCUT2D eigenvalue weighted by atomic mass is 32.2. The summed E-state index contributed by atoms with van der Waals surface area (Å²) in [5.41, 5.74) is 5.35. The fraction of sp³-hybridized carbons (Fsp3) is 0.750. The van der Waals surface area contributed by atoms with Crippen molar-refractivity contribution in [2.75, 3.05) is 0 Å². The number of carbonyl (C=O) groups excluding carboxylic acids is 2. The van der Waals surface area contributed by atoms with E-state index in [9.17, 15) is 18.0 Å². The summed E-state index contributed by atoms with van der Waals surface area (Å²) in [4.78, 5) is 20.6. The molecule has 0 heterocycles. The number of amides is 1. The van der Waals surface area contributed by atoms with Crippen LogP contribution in [0.4, 0.5) is 0 Å². The zero-order chi connectivity index (χ0) is 13.6. The summed E-state index contributed by atoms with van der Waals surface area (Å²) in [6.45, 7) is 7.02. The molecule has 16 heavy (non-hydrogen) atoms. The lowest BCUT2D eigenvalue weighted by atomic mass is 10.1. The first kappa shape index (κ1) is 17.4. The molecule has 0 saturated carbocycles. The van der Waals surface area contributed by atoms with E-state index in [4.69, 9.17) is 10.3 Å². The molecule has 0 rings (SSSR count). The van der Waals surface area contributed by atoms with Gasteiger partial charge in [-0.2, -0.15) is 8.42 Å². The van der Waals surface area contributed by atoms with E-state index < -0.39 is 28.4 Å². The summed E-state index contributed by atoms with van der Waals surface area (Å²) in [6, 6.07) is 0. The van der Waals surface area contributed by atoms with Gasteiger partial charge in [0, 0.05) is 5.54 Å². The van der Waals surface area contributed by atoms with Gasteiger partial charge in [0.05, 0.1) is 6.42 Å². The number of hydrogen-bond donors (Lipinski definition) is 3. The van der Waals surface area contributed by atoms with Crippen molar-refractivity contribution in [3.63, 3.8) is 0 Å². The van der Waals surface area contributed by atoms with Crippen LogP contribution in [0.3, 0.4) is 0 Å². The number of Topliss-reactive ketones (excluding diaryl/α,β-unsaturated/α-hetero) is 1. The van der Waals surface area contributed by atoms with E-state index in [2.05, 4.69) is 0 Å². The first-order valence-electron chi connectivity index (χ1n) is 4.37. The highest BCUT2D eigenvalue weighted by molar-refractivity contribution is 7.84. The summed E-state index contributed by atoms with van der Waals surface area (Å²) < 4.78 is 29.1. The third kappa shape index (κ3) is 29.2. The van der Waals surface area contributed by atoms with E-state index in [1.807, 2.05) is 20.8 Å². The first-order chi connectivity index (χ1) is 6.81. The van der Waals surface area contributed by atoms with E-state index in [0.29, 0.717) is 0 Å². The summed E-state index contributed by atoms with van der Waals surface area (Å²) in [6.07, 6.45) is -0.556. The number of nitrogens with two attached hydrogens (primary N) is 1. The normalized spacial score (nSPS) is 11.1. The largest absolute Gasteiger partial charge is 0.359 e. The molecule has 96 valence electrons. The summed E-state index contributed by atoms with van der Waals surface area (Å²) >= 11 is 0. The third-order valence-corrected chi connectivity index (χ3v) is 1.14. The van der Waals surface area contributed by atoms with Crippen molar-refractivity contribution in [1.29, 1.82) is 0 Å². The maximum Gasteiger partial charge on any atom is 0.359 e. The molecule has 0 fully saturated rings. The van der Waals surface area contributed by atoms with Crippen LogP contribution in [-0.2, 0) is 19.9 Å². The molecular formula is C8H18N2O5S. The van der Waals surface area contributed by atoms with E-state index in [1.54, 1.807) is 0 Å². The molecule has 0 aromatic carbocycles. The zero-order valence-corrected chi connectivity index (χ0v) is 10.6. The van der Waals surface area contributed by atoms with Crippen molar-refractivity contribution in [1.82, 2.24) is 4.72 Å². The zero-order valence-electron chi connectivity index (χ0n) is 9.77. The molecule has 0 aliphatic heterocycles. The average molecular weight is 254 g/mol. The molecule has 0 radical (unpaired) electrons. The van der Waals surface area contributed by atoms with E-state index in [-0.39, 0.29) is 5.54 Å². The minimum atomic E-state index is -4.52. The SMILES string of the molecule is CC(=O)CC(=O)NS(=O)(=O)O.CC(C)(C)N. The van der Waals surface area contributed by atoms with Gasteiger partial charge in [0.1, 0.15) is 5.78 Å². The maximum atomic E-state index is 10.4. The van der Waals surface area contributed by atoms with Crippen LogP contribution in [0.1, 0.15) is 34.1 Å². The Hall–Kier alpha value is -0.990. The van der Waals surface area contributed by atoms with Gasteiger partial charge in [-0.3, -0.25) is 14.1 Å². The van der Waals surface area contributed by atoms with Crippen LogP contribution < -0.4 is 10.5 Å². The van der Waals surface area contributed by atoms with Crippen LogP contribution in [-0.4, -0.2) is 30.2 Å². The molecule has 0 aromatic heterocycles. The highest BCUT2D eigenvalue weighted by Gasteiger charge is 2.11. The van der Waals surface area contributed by atoms with Crippen LogP contribution in [0, 0.1) is 0 Å². The number of rotatable bonds is 3. The Morgan fingerprint density at radius 1 is 1.31 bits per heavy atom. The number of ketones is 1. The Labute approximate surface area is 95.3 Å². The minimum Gasteiger partial charge on any atom is -0.326 e. The van der Waals surface area contributed by atoms with Gasteiger partial charge in [-0.25, -0.2) is 4.72 Å². The highest BCUT2D eigenvalue weighted by Crippen LogP contribution is 1.88. The molecule has 0 bridgehead atoms. The second kappa shape index (κ2) is 6.56. The minimum absolute atomic E-state index is 0. The Bertz CT molecular complexity index is 336. The molecule has 0 saturated heterocycles. The fourth-order valence-corrected chi connectivity index (χ4v) is 0.766. The molecule has 0 unspecified atom stereocenters. The predicted molar refractivity (Wildman–Crippen MR) is 58.9 cm³/mol. The lowest BCUT2D eigenvalue weighted by molar-refractivity contribution is -0.126. The number of nitrogens with one attached hydrogen (secondary N) is 1. The molecule has 0 spiro atoms. The second-order valence-corrected chi connectivity index (χ2v) is 5.40. The van der Waals surface area contributed by atoms with Gasteiger partial charge in [0.25, 0.3) is 0 Å². The third-order valence-electron chi connectivity index (χ3n) is 0.652. The second-order valence-electron chi connectivity index (χ2n) is 4.25. The topological polar surface area (TPSA) is 127 Å². The molecule has 0 atom stereocenters. The van der Waals surface area contributed by atoms with Gasteiger partial charge in [0.2, 0.25) is 5.91 Å². The van der Waals surface area contributed by atoms with Gasteiger partial charge in [-0.1, -0.05) is 0 Å². The maximum absolute atomic E-state index is 10.4. The van der Waals surface area contributed by atoms with Crippen LogP contribution in [0.15, 0.2) is 0 Å². The van der Waals surface area contributed by atoms with Crippen LogP contribution in [0.5, 0.6) is 0 Å². The van der Waals surface area contributed by atoms with Crippen molar-refractivity contribution < 1.29 is 22.6 Å². The van der Waals surface area contributed by atoms with Crippen molar-refractivity contribution in [3.05, 3.63) is 0 Å². The van der Waals surface area contributed by atoms with E-state index in [1.165, 1.54) is 4.72 Å². The molecule has 0 aliphatic rings. The molecule has 0 aliphatic carbocycles. The smallest absolute Gasteiger partial charge is 0.326 e. The van der Waals surface area contributed by atoms with Gasteiger partial charge >= 0.3 is 10.3 Å². The Kier molecular flexibility index (Phi) is 7.14. The molecule has 4 N–H and O–H groups in total. The van der Waals surface area contributed by atoms with Gasteiger partial charge in [0.15, 0.2) is 0 Å². The fourth-order valence-electron chi connectivity index (χ4n) is 0.406. The average Bonchev–Trinajstić information content (AvgIpc) is 1.72. The Morgan fingerprint density at radius 3 is 1.81 bits per heavy atom. The van der Waals surface area contributed by atoms with Crippen LogP contribution in [0.2, 0.25) is 0 Å². The van der Waals surface area contributed by atoms with Gasteiger partial charge < -0.3 is 5.73 Å². The Morgan fingerprint density at radius 2 is 1.62 bits per heavy atom. The molecule has 8 heteroatoms. The van der Waals surface area contributed by atoms with Crippen molar-refractivity contribution >= 4 is 22.0 Å². The number of hydrogen-bond acceptors (Lipinski definition) is 5. The van der Waals surface area contributed by atoms with Crippen molar-refractivity contribution in [2.45, 2.75) is 39.7 Å². The van der Waals surface area contributed by atoms with Crippen LogP contribution in [0.25, 0.3) is 0 Å². The molecular weight excluding hydrogens is 236 g/mol. The predicted octanol–water partition coefficient (Wildman–Crippen LogP) is -0.372. The summed E-state index contributed by atoms with van der Waals surface area (Å²) in [5.74, 6) is -1.52. The molecule has 7 nitrogen and oxygen atoms in total. The quantitative estimate of drug-likeness (QED) is 0.466. The lowest BCUT2D eigenvalue weighted by Gasteiger charge is -2.06. The number of carbonyl (C=O) groups is 2. The summed E-state index contributed by atoms with van der Waals surface area (Å²) in [5, 5.41) is 0. The van der Waals surface area contributed by atoms with Crippen molar-refractivity contribution in [2.24, 2.45) is 5.73 Å². The lowest BCUT2D eigenvalue weighted by Crippen LogP contribution is -2.30. The van der Waals surface area contributed by atoms with Gasteiger partial charge in [-0.15, -0.1) is 0 Å².